The van der Waals surface area contributed by atoms with Gasteiger partial charge in [0.1, 0.15) is 5.82 Å². The van der Waals surface area contributed by atoms with E-state index in [1.807, 2.05) is 37.4 Å². The van der Waals surface area contributed by atoms with Crippen LogP contribution in [-0.2, 0) is 23.6 Å². The van der Waals surface area contributed by atoms with Crippen molar-refractivity contribution < 1.29 is 8.42 Å². The molecule has 29 heavy (non-hydrogen) atoms. The maximum atomic E-state index is 13.0. The molecule has 4 rings (SSSR count). The summed E-state index contributed by atoms with van der Waals surface area (Å²) < 4.78 is 29.7. The predicted octanol–water partition coefficient (Wildman–Crippen LogP) is 3.20. The third kappa shape index (κ3) is 3.95. The number of nitrogens with zero attached hydrogens (tertiary/aromatic N) is 4. The van der Waals surface area contributed by atoms with E-state index < -0.39 is 10.0 Å². The maximum absolute atomic E-state index is 13.0. The van der Waals surface area contributed by atoms with E-state index in [1.165, 1.54) is 0 Å². The highest BCUT2D eigenvalue weighted by atomic mass is 32.2. The van der Waals surface area contributed by atoms with E-state index in [0.29, 0.717) is 37.0 Å². The third-order valence-corrected chi connectivity index (χ3v) is 7.67. The lowest BCUT2D eigenvalue weighted by Crippen LogP contribution is -2.48. The van der Waals surface area contributed by atoms with E-state index in [1.54, 1.807) is 16.4 Å². The first kappa shape index (κ1) is 20.1. The Bertz CT molecular complexity index is 1100. The van der Waals surface area contributed by atoms with Crippen LogP contribution < -0.4 is 0 Å². The zero-order chi connectivity index (χ0) is 20.6. The van der Waals surface area contributed by atoms with E-state index in [-0.39, 0.29) is 0 Å². The standard InChI is InChI=1S/C22H28N4O2S/c1-17(2)18-8-10-19(11-9-18)29(27,28)26-14-12-25(13-15-26)16-22-23-20-6-4-5-7-21(20)24(22)3/h4-11,17H,12-16H2,1-3H3. The van der Waals surface area contributed by atoms with Gasteiger partial charge in [0.15, 0.2) is 0 Å². The molecule has 0 unspecified atom stereocenters. The zero-order valence-corrected chi connectivity index (χ0v) is 18.1. The molecular formula is C22H28N4O2S. The highest BCUT2D eigenvalue weighted by Gasteiger charge is 2.29. The molecule has 2 aromatic carbocycles. The van der Waals surface area contributed by atoms with Gasteiger partial charge in [-0.25, -0.2) is 13.4 Å². The molecule has 1 aromatic heterocycles. The van der Waals surface area contributed by atoms with Gasteiger partial charge in [0.05, 0.1) is 22.5 Å². The number of hydrogen-bond acceptors (Lipinski definition) is 4. The maximum Gasteiger partial charge on any atom is 0.243 e. The molecule has 1 saturated heterocycles. The van der Waals surface area contributed by atoms with Gasteiger partial charge in [0.2, 0.25) is 10.0 Å². The van der Waals surface area contributed by atoms with Crippen LogP contribution in [0.15, 0.2) is 53.4 Å². The second kappa shape index (κ2) is 7.89. The Balaban J connectivity index is 1.42. The van der Waals surface area contributed by atoms with Crippen LogP contribution in [0.1, 0.15) is 31.2 Å². The number of imidazole rings is 1. The summed E-state index contributed by atoms with van der Waals surface area (Å²) in [6.45, 7) is 7.33. The van der Waals surface area contributed by atoms with Crippen LogP contribution in [-0.4, -0.2) is 53.4 Å². The lowest BCUT2D eigenvalue weighted by Gasteiger charge is -2.33. The average Bonchev–Trinajstić information content (AvgIpc) is 3.04. The van der Waals surface area contributed by atoms with Crippen LogP contribution in [0.25, 0.3) is 11.0 Å². The number of sulfonamides is 1. The Kier molecular flexibility index (Phi) is 5.46. The predicted molar refractivity (Wildman–Crippen MR) is 115 cm³/mol. The summed E-state index contributed by atoms with van der Waals surface area (Å²) in [5, 5.41) is 0. The number of piperazine rings is 1. The van der Waals surface area contributed by atoms with Gasteiger partial charge < -0.3 is 4.57 Å². The van der Waals surface area contributed by atoms with Gasteiger partial charge >= 0.3 is 0 Å². The Hall–Kier alpha value is -2.22. The lowest BCUT2D eigenvalue weighted by molar-refractivity contribution is 0.177. The van der Waals surface area contributed by atoms with Crippen LogP contribution in [0, 0.1) is 0 Å². The smallest absolute Gasteiger partial charge is 0.243 e. The quantitative estimate of drug-likeness (QED) is 0.646. The summed E-state index contributed by atoms with van der Waals surface area (Å²) in [6, 6.07) is 15.4. The fourth-order valence-corrected chi connectivity index (χ4v) is 5.26. The molecule has 0 bridgehead atoms. The van der Waals surface area contributed by atoms with Gasteiger partial charge in [-0.2, -0.15) is 4.31 Å². The molecule has 1 aliphatic heterocycles. The number of rotatable bonds is 5. The summed E-state index contributed by atoms with van der Waals surface area (Å²) in [4.78, 5) is 7.39. The largest absolute Gasteiger partial charge is 0.330 e. The normalized spacial score (nSPS) is 16.7. The van der Waals surface area contributed by atoms with Crippen LogP contribution in [0.3, 0.4) is 0 Å². The van der Waals surface area contributed by atoms with E-state index >= 15 is 0 Å². The number of aromatic nitrogens is 2. The highest BCUT2D eigenvalue weighted by Crippen LogP contribution is 2.22. The van der Waals surface area contributed by atoms with E-state index in [0.717, 1.165) is 29.0 Å². The number of fused-ring (bicyclic) bond motifs is 1. The molecule has 0 atom stereocenters. The van der Waals surface area contributed by atoms with Gasteiger partial charge in [0, 0.05) is 33.2 Å². The van der Waals surface area contributed by atoms with Crippen LogP contribution in [0.2, 0.25) is 0 Å². The summed E-state index contributed by atoms with van der Waals surface area (Å²) in [5.41, 5.74) is 3.26. The SMILES string of the molecule is CC(C)c1ccc(S(=O)(=O)N2CCN(Cc3nc4ccccc4n3C)CC2)cc1. The molecule has 1 aliphatic rings. The molecule has 0 N–H and O–H groups in total. The highest BCUT2D eigenvalue weighted by molar-refractivity contribution is 7.89. The fourth-order valence-electron chi connectivity index (χ4n) is 3.84. The van der Waals surface area contributed by atoms with Crippen LogP contribution in [0.5, 0.6) is 0 Å². The van der Waals surface area contributed by atoms with Gasteiger partial charge in [-0.15, -0.1) is 0 Å². The molecule has 7 heteroatoms. The molecule has 0 aliphatic carbocycles. The summed E-state index contributed by atoms with van der Waals surface area (Å²) >= 11 is 0. The molecule has 0 radical (unpaired) electrons. The van der Waals surface area contributed by atoms with Gasteiger partial charge in [-0.3, -0.25) is 4.90 Å². The minimum Gasteiger partial charge on any atom is -0.330 e. The van der Waals surface area contributed by atoms with E-state index in [4.69, 9.17) is 4.98 Å². The summed E-state index contributed by atoms with van der Waals surface area (Å²) in [5.74, 6) is 1.39. The lowest BCUT2D eigenvalue weighted by atomic mass is 10.0. The van der Waals surface area contributed by atoms with Crippen molar-refractivity contribution in [3.63, 3.8) is 0 Å². The molecule has 0 saturated carbocycles. The third-order valence-electron chi connectivity index (χ3n) is 5.76. The van der Waals surface area contributed by atoms with Crippen molar-refractivity contribution in [2.75, 3.05) is 26.2 Å². The number of hydrogen-bond donors (Lipinski definition) is 0. The molecule has 2 heterocycles. The zero-order valence-electron chi connectivity index (χ0n) is 17.2. The van der Waals surface area contributed by atoms with Crippen molar-refractivity contribution in [2.24, 2.45) is 7.05 Å². The van der Waals surface area contributed by atoms with Crippen molar-refractivity contribution >= 4 is 21.1 Å². The Morgan fingerprint density at radius 3 is 2.24 bits per heavy atom. The van der Waals surface area contributed by atoms with Gasteiger partial charge in [-0.1, -0.05) is 38.1 Å². The second-order valence-electron chi connectivity index (χ2n) is 7.98. The number of benzene rings is 2. The topological polar surface area (TPSA) is 58.4 Å². The summed E-state index contributed by atoms with van der Waals surface area (Å²) in [6.07, 6.45) is 0. The fraction of sp³-hybridized carbons (Fsp3) is 0.409. The minimum absolute atomic E-state index is 0.380. The number of para-hydroxylation sites is 2. The molecule has 154 valence electrons. The van der Waals surface area contributed by atoms with Crippen molar-refractivity contribution in [1.82, 2.24) is 18.8 Å². The Morgan fingerprint density at radius 1 is 0.966 bits per heavy atom. The summed E-state index contributed by atoms with van der Waals surface area (Å²) in [7, 11) is -1.41. The molecule has 1 fully saturated rings. The first-order valence-electron chi connectivity index (χ1n) is 10.1. The van der Waals surface area contributed by atoms with Gasteiger partial charge in [0.25, 0.3) is 0 Å². The Labute approximate surface area is 172 Å². The first-order chi connectivity index (χ1) is 13.9. The average molecular weight is 413 g/mol. The van der Waals surface area contributed by atoms with E-state index in [2.05, 4.69) is 29.4 Å². The van der Waals surface area contributed by atoms with Crippen molar-refractivity contribution in [1.29, 1.82) is 0 Å². The first-order valence-corrected chi connectivity index (χ1v) is 11.5. The number of aryl methyl sites for hydroxylation is 1. The molecule has 3 aromatic rings. The van der Waals surface area contributed by atoms with Gasteiger partial charge in [-0.05, 0) is 35.7 Å². The van der Waals surface area contributed by atoms with Crippen molar-refractivity contribution in [3.8, 4) is 0 Å². The Morgan fingerprint density at radius 2 is 1.62 bits per heavy atom. The molecule has 6 nitrogen and oxygen atoms in total. The van der Waals surface area contributed by atoms with Crippen molar-refractivity contribution in [3.05, 3.63) is 59.9 Å². The second-order valence-corrected chi connectivity index (χ2v) is 9.92. The molecule has 0 spiro atoms. The monoisotopic (exact) mass is 412 g/mol. The van der Waals surface area contributed by atoms with Crippen molar-refractivity contribution in [2.45, 2.75) is 31.2 Å². The molecule has 0 amide bonds. The van der Waals surface area contributed by atoms with Crippen LogP contribution >= 0.6 is 0 Å². The van der Waals surface area contributed by atoms with Crippen LogP contribution in [0.4, 0.5) is 0 Å². The molecular weight excluding hydrogens is 384 g/mol. The minimum atomic E-state index is -3.44. The van der Waals surface area contributed by atoms with E-state index in [9.17, 15) is 8.42 Å².